The van der Waals surface area contributed by atoms with Gasteiger partial charge in [-0.2, -0.15) is 13.2 Å². The Balaban J connectivity index is 2.58. The molecule has 110 valence electrons. The summed E-state index contributed by atoms with van der Waals surface area (Å²) >= 11 is 0. The second kappa shape index (κ2) is 7.22. The minimum Gasteiger partial charge on any atom is -0.299 e. The third kappa shape index (κ3) is 5.15. The highest BCUT2D eigenvalue weighted by molar-refractivity contribution is 6.07. The van der Waals surface area contributed by atoms with Crippen molar-refractivity contribution in [2.24, 2.45) is 0 Å². The van der Waals surface area contributed by atoms with E-state index < -0.39 is 17.5 Å². The molecule has 0 aliphatic rings. The lowest BCUT2D eigenvalue weighted by Gasteiger charge is -2.07. The van der Waals surface area contributed by atoms with Gasteiger partial charge in [-0.25, -0.2) is 0 Å². The lowest BCUT2D eigenvalue weighted by molar-refractivity contribution is -0.137. The van der Waals surface area contributed by atoms with Crippen LogP contribution in [0.15, 0.2) is 24.3 Å². The van der Waals surface area contributed by atoms with E-state index in [9.17, 15) is 22.8 Å². The summed E-state index contributed by atoms with van der Waals surface area (Å²) < 4.78 is 37.1. The summed E-state index contributed by atoms with van der Waals surface area (Å²) in [4.78, 5) is 23.3. The first-order valence-electron chi connectivity index (χ1n) is 6.56. The van der Waals surface area contributed by atoms with E-state index in [0.29, 0.717) is 6.42 Å². The Morgan fingerprint density at radius 3 is 2.15 bits per heavy atom. The number of rotatable bonds is 7. The van der Waals surface area contributed by atoms with E-state index in [4.69, 9.17) is 0 Å². The second-order valence-electron chi connectivity index (χ2n) is 4.67. The van der Waals surface area contributed by atoms with Crippen LogP contribution in [-0.4, -0.2) is 11.6 Å². The Bertz CT molecular complexity index is 461. The summed E-state index contributed by atoms with van der Waals surface area (Å²) in [7, 11) is 0. The largest absolute Gasteiger partial charge is 0.416 e. The highest BCUT2D eigenvalue weighted by Crippen LogP contribution is 2.29. The molecule has 1 rings (SSSR count). The van der Waals surface area contributed by atoms with E-state index in [1.165, 1.54) is 0 Å². The average molecular weight is 286 g/mol. The zero-order valence-corrected chi connectivity index (χ0v) is 11.3. The highest BCUT2D eigenvalue weighted by atomic mass is 19.4. The smallest absolute Gasteiger partial charge is 0.299 e. The molecule has 0 bridgehead atoms. The molecule has 0 amide bonds. The fourth-order valence-corrected chi connectivity index (χ4v) is 1.79. The molecule has 2 nitrogen and oxygen atoms in total. The molecule has 1 aromatic rings. The zero-order valence-electron chi connectivity index (χ0n) is 11.3. The summed E-state index contributed by atoms with van der Waals surface area (Å²) in [5.41, 5.74) is -0.662. The van der Waals surface area contributed by atoms with Crippen LogP contribution < -0.4 is 0 Å². The van der Waals surface area contributed by atoms with Crippen molar-refractivity contribution in [1.82, 2.24) is 0 Å². The predicted octanol–water partition coefficient (Wildman–Crippen LogP) is 4.43. The number of unbranched alkanes of at least 4 members (excludes halogenated alkanes) is 2. The molecule has 20 heavy (non-hydrogen) atoms. The first-order chi connectivity index (χ1) is 9.34. The Morgan fingerprint density at radius 2 is 1.65 bits per heavy atom. The second-order valence-corrected chi connectivity index (χ2v) is 4.67. The topological polar surface area (TPSA) is 34.1 Å². The van der Waals surface area contributed by atoms with Gasteiger partial charge in [-0.15, -0.1) is 0 Å². The molecular weight excluding hydrogens is 269 g/mol. The van der Waals surface area contributed by atoms with Gasteiger partial charge in [0.25, 0.3) is 0 Å². The van der Waals surface area contributed by atoms with Gasteiger partial charge in [0.1, 0.15) is 5.78 Å². The summed E-state index contributed by atoms with van der Waals surface area (Å²) in [5, 5.41) is 0. The van der Waals surface area contributed by atoms with Gasteiger partial charge in [-0.3, -0.25) is 9.59 Å². The molecule has 0 aromatic heterocycles. The maximum absolute atomic E-state index is 12.4. The standard InChI is InChI=1S/C15H17F3O2/c1-2-3-4-5-13(19)10-14(20)11-6-8-12(9-7-11)15(16,17)18/h6-9H,2-5,10H2,1H3. The number of carbonyl (C=O) groups excluding carboxylic acids is 2. The third-order valence-electron chi connectivity index (χ3n) is 2.95. The lowest BCUT2D eigenvalue weighted by atomic mass is 10.0. The predicted molar refractivity (Wildman–Crippen MR) is 69.5 cm³/mol. The summed E-state index contributed by atoms with van der Waals surface area (Å²) in [6, 6.07) is 3.94. The molecule has 1 aromatic carbocycles. The molecule has 0 aliphatic carbocycles. The summed E-state index contributed by atoms with van der Waals surface area (Å²) in [5.74, 6) is -0.594. The molecule has 0 heterocycles. The SMILES string of the molecule is CCCCCC(=O)CC(=O)c1ccc(C(F)(F)F)cc1. The number of Topliss-reactive ketones (excluding diaryl/α,β-unsaturated/α-hetero) is 2. The van der Waals surface area contributed by atoms with Crippen LogP contribution in [0.25, 0.3) is 0 Å². The van der Waals surface area contributed by atoms with E-state index >= 15 is 0 Å². The van der Waals surface area contributed by atoms with Gasteiger partial charge in [0, 0.05) is 12.0 Å². The van der Waals surface area contributed by atoms with Crippen molar-refractivity contribution in [3.8, 4) is 0 Å². The van der Waals surface area contributed by atoms with Gasteiger partial charge in [0.15, 0.2) is 5.78 Å². The average Bonchev–Trinajstić information content (AvgIpc) is 2.38. The van der Waals surface area contributed by atoms with E-state index in [-0.39, 0.29) is 17.8 Å². The molecule has 0 atom stereocenters. The minimum absolute atomic E-state index is 0.141. The Labute approximate surface area is 116 Å². The molecule has 0 saturated carbocycles. The lowest BCUT2D eigenvalue weighted by Crippen LogP contribution is -2.09. The fraction of sp³-hybridized carbons (Fsp3) is 0.467. The van der Waals surface area contributed by atoms with Gasteiger partial charge in [0.05, 0.1) is 12.0 Å². The van der Waals surface area contributed by atoms with Crippen molar-refractivity contribution >= 4 is 11.6 Å². The van der Waals surface area contributed by atoms with Gasteiger partial charge in [0.2, 0.25) is 0 Å². The maximum Gasteiger partial charge on any atom is 0.416 e. The number of hydrogen-bond acceptors (Lipinski definition) is 2. The van der Waals surface area contributed by atoms with Crippen LogP contribution in [0, 0.1) is 0 Å². The number of hydrogen-bond donors (Lipinski definition) is 0. The highest BCUT2D eigenvalue weighted by Gasteiger charge is 2.30. The van der Waals surface area contributed by atoms with Crippen molar-refractivity contribution in [3.63, 3.8) is 0 Å². The van der Waals surface area contributed by atoms with Crippen LogP contribution in [0.4, 0.5) is 13.2 Å². The zero-order chi connectivity index (χ0) is 15.2. The van der Waals surface area contributed by atoms with Crippen LogP contribution >= 0.6 is 0 Å². The van der Waals surface area contributed by atoms with Crippen LogP contribution in [0.1, 0.15) is 54.9 Å². The van der Waals surface area contributed by atoms with E-state index in [1.54, 1.807) is 0 Å². The van der Waals surface area contributed by atoms with Crippen molar-refractivity contribution in [2.45, 2.75) is 45.2 Å². The van der Waals surface area contributed by atoms with Crippen LogP contribution in [-0.2, 0) is 11.0 Å². The quantitative estimate of drug-likeness (QED) is 0.422. The Morgan fingerprint density at radius 1 is 1.05 bits per heavy atom. The molecule has 0 spiro atoms. The fourth-order valence-electron chi connectivity index (χ4n) is 1.79. The number of alkyl halides is 3. The number of halogens is 3. The maximum atomic E-state index is 12.4. The van der Waals surface area contributed by atoms with E-state index in [2.05, 4.69) is 0 Å². The molecule has 0 aliphatic heterocycles. The number of carbonyl (C=O) groups is 2. The molecule has 0 unspecified atom stereocenters. The van der Waals surface area contributed by atoms with E-state index in [1.807, 2.05) is 6.92 Å². The first-order valence-corrected chi connectivity index (χ1v) is 6.56. The molecule has 0 radical (unpaired) electrons. The van der Waals surface area contributed by atoms with Crippen LogP contribution in [0.3, 0.4) is 0 Å². The van der Waals surface area contributed by atoms with Gasteiger partial charge in [-0.1, -0.05) is 31.9 Å². The first kappa shape index (κ1) is 16.4. The van der Waals surface area contributed by atoms with Gasteiger partial charge in [-0.05, 0) is 18.6 Å². The minimum atomic E-state index is -4.42. The Kier molecular flexibility index (Phi) is 5.92. The monoisotopic (exact) mass is 286 g/mol. The summed E-state index contributed by atoms with van der Waals surface area (Å²) in [6.45, 7) is 2.01. The third-order valence-corrected chi connectivity index (χ3v) is 2.95. The van der Waals surface area contributed by atoms with Gasteiger partial charge >= 0.3 is 6.18 Å². The summed E-state index contributed by atoms with van der Waals surface area (Å²) in [6.07, 6.45) is -1.65. The molecule has 0 saturated heterocycles. The number of benzene rings is 1. The molecule has 0 N–H and O–H groups in total. The van der Waals surface area contributed by atoms with Crippen LogP contribution in [0.2, 0.25) is 0 Å². The van der Waals surface area contributed by atoms with Crippen molar-refractivity contribution < 1.29 is 22.8 Å². The van der Waals surface area contributed by atoms with Crippen molar-refractivity contribution in [3.05, 3.63) is 35.4 Å². The molecular formula is C15H17F3O2. The van der Waals surface area contributed by atoms with Crippen molar-refractivity contribution in [1.29, 1.82) is 0 Å². The Hall–Kier alpha value is -1.65. The normalized spacial score (nSPS) is 11.4. The van der Waals surface area contributed by atoms with Gasteiger partial charge < -0.3 is 0 Å². The molecule has 0 fully saturated rings. The molecule has 5 heteroatoms. The van der Waals surface area contributed by atoms with Crippen LogP contribution in [0.5, 0.6) is 0 Å². The van der Waals surface area contributed by atoms with Crippen molar-refractivity contribution in [2.75, 3.05) is 0 Å². The van der Waals surface area contributed by atoms with E-state index in [0.717, 1.165) is 43.5 Å². The number of ketones is 2.